The fourth-order valence-electron chi connectivity index (χ4n) is 4.73. The summed E-state index contributed by atoms with van der Waals surface area (Å²) >= 11 is 6.24. The van der Waals surface area contributed by atoms with Gasteiger partial charge >= 0.3 is 7.12 Å². The first-order chi connectivity index (χ1) is 20.4. The summed E-state index contributed by atoms with van der Waals surface area (Å²) in [6, 6.07) is 15.5. The predicted molar refractivity (Wildman–Crippen MR) is 172 cm³/mol. The Morgan fingerprint density at radius 2 is 1.67 bits per heavy atom. The first kappa shape index (κ1) is 30.7. The number of aromatic nitrogens is 4. The Morgan fingerprint density at radius 1 is 0.977 bits per heavy atom. The lowest BCUT2D eigenvalue weighted by Gasteiger charge is -2.32. The number of pyridine rings is 2. The fraction of sp³-hybridized carbons (Fsp3) is 0.333. The number of halogens is 1. The zero-order chi connectivity index (χ0) is 30.9. The van der Waals surface area contributed by atoms with Crippen LogP contribution in [0.25, 0.3) is 21.8 Å². The van der Waals surface area contributed by atoms with Crippen molar-refractivity contribution in [3.63, 3.8) is 0 Å². The van der Waals surface area contributed by atoms with Gasteiger partial charge in [-0.2, -0.15) is 0 Å². The highest BCUT2D eigenvalue weighted by Gasteiger charge is 2.51. The number of nitrogens with zero attached hydrogens (tertiary/aromatic N) is 4. The lowest BCUT2D eigenvalue weighted by Crippen LogP contribution is -2.41. The molecule has 10 heteroatoms. The maximum absolute atomic E-state index is 12.5. The number of benzene rings is 2. The van der Waals surface area contributed by atoms with Crippen LogP contribution in [0.1, 0.15) is 51.6 Å². The average Bonchev–Trinajstić information content (AvgIpc) is 3.22. The van der Waals surface area contributed by atoms with Gasteiger partial charge in [-0.3, -0.25) is 9.78 Å². The molecule has 5 aromatic rings. The average molecular weight is 599 g/mol. The SMILES string of the molecule is CCc1ncc2cc(B3OC(C)(C)C(C)(C)O3)ccc2n1.COc1ccc(Cn2ccc3c(Cl)c(C)cnc3c2=O)cc1. The summed E-state index contributed by atoms with van der Waals surface area (Å²) in [6.45, 7) is 12.6. The van der Waals surface area contributed by atoms with Crippen LogP contribution in [-0.2, 0) is 22.3 Å². The summed E-state index contributed by atoms with van der Waals surface area (Å²) in [5.41, 5.74) is 3.45. The molecule has 0 N–H and O–H groups in total. The third-order valence-corrected chi connectivity index (χ3v) is 8.62. The van der Waals surface area contributed by atoms with Gasteiger partial charge in [-0.25, -0.2) is 9.97 Å². The van der Waals surface area contributed by atoms with Crippen LogP contribution < -0.4 is 15.8 Å². The number of hydrogen-bond donors (Lipinski definition) is 0. The molecule has 1 fully saturated rings. The van der Waals surface area contributed by atoms with Gasteiger partial charge in [0.05, 0.1) is 35.4 Å². The van der Waals surface area contributed by atoms with Gasteiger partial charge in [-0.15, -0.1) is 0 Å². The van der Waals surface area contributed by atoms with Crippen molar-refractivity contribution in [2.24, 2.45) is 0 Å². The van der Waals surface area contributed by atoms with Crippen LogP contribution in [-0.4, -0.2) is 44.9 Å². The second-order valence-electron chi connectivity index (χ2n) is 11.7. The molecule has 0 bridgehead atoms. The zero-order valence-electron chi connectivity index (χ0n) is 25.6. The van der Waals surface area contributed by atoms with Crippen molar-refractivity contribution >= 4 is 46.0 Å². The molecule has 0 aliphatic carbocycles. The number of fused-ring (bicyclic) bond motifs is 2. The first-order valence-corrected chi connectivity index (χ1v) is 14.7. The van der Waals surface area contributed by atoms with Gasteiger partial charge in [-0.05, 0) is 75.5 Å². The molecule has 0 saturated carbocycles. The van der Waals surface area contributed by atoms with Crippen LogP contribution in [0.2, 0.25) is 5.02 Å². The number of rotatable bonds is 5. The minimum atomic E-state index is -0.342. The molecule has 0 spiro atoms. The molecule has 8 nitrogen and oxygen atoms in total. The van der Waals surface area contributed by atoms with Crippen molar-refractivity contribution in [1.82, 2.24) is 19.5 Å². The summed E-state index contributed by atoms with van der Waals surface area (Å²) in [6.07, 6.45) is 6.09. The van der Waals surface area contributed by atoms with Crippen LogP contribution >= 0.6 is 11.6 Å². The summed E-state index contributed by atoms with van der Waals surface area (Å²) in [5, 5.41) is 2.29. The minimum absolute atomic E-state index is 0.143. The van der Waals surface area contributed by atoms with Gasteiger partial charge in [0.2, 0.25) is 0 Å². The number of aryl methyl sites for hydroxylation is 2. The summed E-state index contributed by atoms with van der Waals surface area (Å²) in [7, 11) is 1.28. The highest BCUT2D eigenvalue weighted by molar-refractivity contribution is 6.62. The van der Waals surface area contributed by atoms with Crippen LogP contribution in [0.15, 0.2) is 71.9 Å². The second-order valence-corrected chi connectivity index (χ2v) is 12.0. The third kappa shape index (κ3) is 6.30. The molecule has 0 radical (unpaired) electrons. The molecule has 43 heavy (non-hydrogen) atoms. The van der Waals surface area contributed by atoms with E-state index in [-0.39, 0.29) is 23.9 Å². The highest BCUT2D eigenvalue weighted by Crippen LogP contribution is 2.36. The van der Waals surface area contributed by atoms with E-state index in [0.717, 1.165) is 45.5 Å². The van der Waals surface area contributed by atoms with Crippen molar-refractivity contribution in [3.05, 3.63) is 99.4 Å². The van der Waals surface area contributed by atoms with Gasteiger partial charge in [0.15, 0.2) is 0 Å². The van der Waals surface area contributed by atoms with E-state index in [1.54, 1.807) is 24.1 Å². The monoisotopic (exact) mass is 598 g/mol. The van der Waals surface area contributed by atoms with E-state index in [1.807, 2.05) is 55.6 Å². The first-order valence-electron chi connectivity index (χ1n) is 14.3. The normalized spacial score (nSPS) is 15.4. The smallest absolute Gasteiger partial charge is 0.494 e. The quantitative estimate of drug-likeness (QED) is 0.233. The van der Waals surface area contributed by atoms with Crippen LogP contribution in [0, 0.1) is 6.92 Å². The molecule has 1 saturated heterocycles. The summed E-state index contributed by atoms with van der Waals surface area (Å²) in [4.78, 5) is 25.7. The molecule has 1 aliphatic rings. The van der Waals surface area contributed by atoms with Crippen molar-refractivity contribution in [2.45, 2.75) is 65.7 Å². The molecule has 1 aliphatic heterocycles. The standard InChI is InChI=1S/C17H15ClN2O2.C16H21BN2O2/c1-11-9-19-16-14(15(11)18)7-8-20(17(16)21)10-12-3-5-13(22-2)6-4-12;1-6-14-18-10-11-9-12(7-8-13(11)19-14)17-20-15(2,3)16(4,5)21-17/h3-9H,10H2,1-2H3;7-10H,6H2,1-5H3. The molecule has 0 unspecified atom stereocenters. The van der Waals surface area contributed by atoms with Gasteiger partial charge < -0.3 is 18.6 Å². The molecule has 0 atom stereocenters. The second kappa shape index (κ2) is 12.1. The van der Waals surface area contributed by atoms with Crippen LogP contribution in [0.3, 0.4) is 0 Å². The van der Waals surface area contributed by atoms with E-state index in [9.17, 15) is 4.79 Å². The van der Waals surface area contributed by atoms with E-state index in [4.69, 9.17) is 25.6 Å². The van der Waals surface area contributed by atoms with Gasteiger partial charge in [0.25, 0.3) is 5.56 Å². The van der Waals surface area contributed by atoms with Gasteiger partial charge in [0.1, 0.15) is 17.1 Å². The zero-order valence-corrected chi connectivity index (χ0v) is 26.4. The molecule has 0 amide bonds. The van der Waals surface area contributed by atoms with Crippen molar-refractivity contribution in [1.29, 1.82) is 0 Å². The van der Waals surface area contributed by atoms with Crippen molar-refractivity contribution in [2.75, 3.05) is 7.11 Å². The van der Waals surface area contributed by atoms with E-state index in [1.165, 1.54) is 0 Å². The fourth-order valence-corrected chi connectivity index (χ4v) is 4.93. The van der Waals surface area contributed by atoms with Gasteiger partial charge in [0, 0.05) is 35.8 Å². The Labute approximate surface area is 257 Å². The maximum atomic E-state index is 12.5. The molecule has 4 heterocycles. The van der Waals surface area contributed by atoms with E-state index in [2.05, 4.69) is 55.6 Å². The highest BCUT2D eigenvalue weighted by atomic mass is 35.5. The number of methoxy groups -OCH3 is 1. The Kier molecular flexibility index (Phi) is 8.61. The van der Waals surface area contributed by atoms with E-state index < -0.39 is 0 Å². The largest absolute Gasteiger partial charge is 0.497 e. The Hall–Kier alpha value is -3.79. The number of ether oxygens (including phenoxy) is 1. The number of hydrogen-bond acceptors (Lipinski definition) is 7. The molecular formula is C33H36BClN4O4. The lowest BCUT2D eigenvalue weighted by atomic mass is 9.78. The van der Waals surface area contributed by atoms with E-state index in [0.29, 0.717) is 22.5 Å². The molecule has 3 aromatic heterocycles. The Morgan fingerprint density at radius 3 is 2.33 bits per heavy atom. The maximum Gasteiger partial charge on any atom is 0.494 e. The van der Waals surface area contributed by atoms with Crippen molar-refractivity contribution in [3.8, 4) is 5.75 Å². The Balaban J connectivity index is 0.000000171. The van der Waals surface area contributed by atoms with Crippen LogP contribution in [0.5, 0.6) is 5.75 Å². The Bertz CT molecular complexity index is 1820. The third-order valence-electron chi connectivity index (χ3n) is 8.12. The van der Waals surface area contributed by atoms with Gasteiger partial charge in [-0.1, -0.05) is 42.8 Å². The molecule has 6 rings (SSSR count). The molecule has 2 aromatic carbocycles. The molecule has 222 valence electrons. The minimum Gasteiger partial charge on any atom is -0.497 e. The van der Waals surface area contributed by atoms with Crippen molar-refractivity contribution < 1.29 is 14.0 Å². The molecular weight excluding hydrogens is 563 g/mol. The predicted octanol–water partition coefficient (Wildman–Crippen LogP) is 5.91. The lowest BCUT2D eigenvalue weighted by molar-refractivity contribution is 0.00578. The summed E-state index contributed by atoms with van der Waals surface area (Å²) < 4.78 is 18.9. The summed E-state index contributed by atoms with van der Waals surface area (Å²) in [5.74, 6) is 1.66. The topological polar surface area (TPSA) is 88.4 Å². The van der Waals surface area contributed by atoms with E-state index >= 15 is 0 Å². The van der Waals surface area contributed by atoms with Crippen LogP contribution in [0.4, 0.5) is 0 Å².